The Kier molecular flexibility index (Phi) is 9.13. The van der Waals surface area contributed by atoms with Crippen LogP contribution in [-0.4, -0.2) is 94.1 Å². The van der Waals surface area contributed by atoms with E-state index in [1.807, 2.05) is 6.07 Å². The molecule has 0 radical (unpaired) electrons. The van der Waals surface area contributed by atoms with Crippen molar-refractivity contribution in [1.82, 2.24) is 29.8 Å². The molecular weight excluding hydrogens is 557 g/mol. The predicted octanol–water partition coefficient (Wildman–Crippen LogP) is 3.26. The Hall–Kier alpha value is -4.04. The molecule has 2 aliphatic carbocycles. The SMILES string of the molecule is O=C(N[C@H]1CC[C@H](Nc2cc(NC3CC3)c3ncc(C(=O)Nc4ccncc4F)n3n2)CC1)OCCCN1CCOCC1. The van der Waals surface area contributed by atoms with E-state index in [2.05, 4.69) is 41.2 Å². The van der Waals surface area contributed by atoms with Gasteiger partial charge >= 0.3 is 6.09 Å². The number of fused-ring (bicyclic) bond motifs is 1. The molecule has 0 aromatic carbocycles. The number of imidazole rings is 1. The maximum atomic E-state index is 14.1. The summed E-state index contributed by atoms with van der Waals surface area (Å²) in [6, 6.07) is 3.88. The summed E-state index contributed by atoms with van der Waals surface area (Å²) in [7, 11) is 0. The normalized spacial score (nSPS) is 20.9. The summed E-state index contributed by atoms with van der Waals surface area (Å²) < 4.78 is 26.4. The number of amides is 2. The van der Waals surface area contributed by atoms with Crippen LogP contribution >= 0.6 is 0 Å². The molecule has 3 aliphatic rings. The summed E-state index contributed by atoms with van der Waals surface area (Å²) in [5.74, 6) is -0.550. The van der Waals surface area contributed by atoms with Crippen LogP contribution < -0.4 is 21.3 Å². The number of halogens is 1. The lowest BCUT2D eigenvalue weighted by Gasteiger charge is -2.30. The van der Waals surface area contributed by atoms with Crippen molar-refractivity contribution in [3.8, 4) is 0 Å². The van der Waals surface area contributed by atoms with Crippen molar-refractivity contribution in [2.45, 2.75) is 63.1 Å². The molecule has 0 unspecified atom stereocenters. The van der Waals surface area contributed by atoms with Crippen LogP contribution in [0.4, 0.5) is 26.4 Å². The summed E-state index contributed by atoms with van der Waals surface area (Å²) in [5, 5.41) is 17.3. The maximum Gasteiger partial charge on any atom is 0.407 e. The molecule has 43 heavy (non-hydrogen) atoms. The van der Waals surface area contributed by atoms with Crippen LogP contribution in [0.15, 0.2) is 30.7 Å². The fourth-order valence-electron chi connectivity index (χ4n) is 5.49. The fraction of sp³-hybridized carbons (Fsp3) is 0.552. The van der Waals surface area contributed by atoms with Crippen LogP contribution in [0.5, 0.6) is 0 Å². The van der Waals surface area contributed by atoms with Gasteiger partial charge in [-0.15, -0.1) is 5.10 Å². The van der Waals surface area contributed by atoms with E-state index in [-0.39, 0.29) is 29.6 Å². The largest absolute Gasteiger partial charge is 0.450 e. The van der Waals surface area contributed by atoms with Gasteiger partial charge in [-0.1, -0.05) is 0 Å². The summed E-state index contributed by atoms with van der Waals surface area (Å²) >= 11 is 0. The van der Waals surface area contributed by atoms with Gasteiger partial charge in [0.05, 0.1) is 43.6 Å². The lowest BCUT2D eigenvalue weighted by atomic mass is 9.91. The number of pyridine rings is 1. The minimum atomic E-state index is -0.627. The van der Waals surface area contributed by atoms with E-state index >= 15 is 0 Å². The summed E-state index contributed by atoms with van der Waals surface area (Å²) in [4.78, 5) is 35.9. The van der Waals surface area contributed by atoms with E-state index in [1.54, 1.807) is 0 Å². The van der Waals surface area contributed by atoms with Gasteiger partial charge in [0.1, 0.15) is 5.82 Å². The number of rotatable bonds is 11. The van der Waals surface area contributed by atoms with E-state index in [9.17, 15) is 14.0 Å². The van der Waals surface area contributed by atoms with E-state index in [0.29, 0.717) is 24.1 Å². The van der Waals surface area contributed by atoms with Crippen LogP contribution in [0.25, 0.3) is 5.65 Å². The number of alkyl carbamates (subject to hydrolysis) is 1. The quantitative estimate of drug-likeness (QED) is 0.244. The molecule has 13 nitrogen and oxygen atoms in total. The van der Waals surface area contributed by atoms with Crippen molar-refractivity contribution in [1.29, 1.82) is 0 Å². The second-order valence-corrected chi connectivity index (χ2v) is 11.3. The first kappa shape index (κ1) is 29.1. The van der Waals surface area contributed by atoms with E-state index < -0.39 is 11.7 Å². The highest BCUT2D eigenvalue weighted by Crippen LogP contribution is 2.30. The smallest absolute Gasteiger partial charge is 0.407 e. The zero-order valence-electron chi connectivity index (χ0n) is 24.1. The van der Waals surface area contributed by atoms with Crippen molar-refractivity contribution in [3.05, 3.63) is 42.2 Å². The lowest BCUT2D eigenvalue weighted by Crippen LogP contribution is -2.41. The second kappa shape index (κ2) is 13.5. The molecular formula is C29H38FN9O4. The Morgan fingerprint density at radius 3 is 2.51 bits per heavy atom. The van der Waals surface area contributed by atoms with Crippen molar-refractivity contribution in [3.63, 3.8) is 0 Å². The third-order valence-electron chi connectivity index (χ3n) is 8.01. The maximum absolute atomic E-state index is 14.1. The Morgan fingerprint density at radius 2 is 1.74 bits per heavy atom. The molecule has 4 N–H and O–H groups in total. The highest BCUT2D eigenvalue weighted by molar-refractivity contribution is 6.03. The second-order valence-electron chi connectivity index (χ2n) is 11.3. The predicted molar refractivity (Wildman–Crippen MR) is 158 cm³/mol. The van der Waals surface area contributed by atoms with E-state index in [1.165, 1.54) is 23.0 Å². The highest BCUT2D eigenvalue weighted by atomic mass is 19.1. The zero-order valence-corrected chi connectivity index (χ0v) is 24.1. The molecule has 3 aromatic heterocycles. The van der Waals surface area contributed by atoms with E-state index in [4.69, 9.17) is 9.47 Å². The van der Waals surface area contributed by atoms with Gasteiger partial charge in [0, 0.05) is 50.0 Å². The number of morpholine rings is 1. The van der Waals surface area contributed by atoms with Crippen molar-refractivity contribution < 1.29 is 23.5 Å². The van der Waals surface area contributed by atoms with Crippen molar-refractivity contribution in [2.75, 3.05) is 55.4 Å². The van der Waals surface area contributed by atoms with Crippen molar-refractivity contribution >= 4 is 34.8 Å². The molecule has 0 bridgehead atoms. The molecule has 3 aromatic rings. The average molecular weight is 596 g/mol. The number of hydrogen-bond donors (Lipinski definition) is 4. The number of hydrogen-bond acceptors (Lipinski definition) is 10. The number of nitrogens with zero attached hydrogens (tertiary/aromatic N) is 5. The topological polar surface area (TPSA) is 147 Å². The van der Waals surface area contributed by atoms with Gasteiger partial charge < -0.3 is 30.7 Å². The Labute approximate surface area is 248 Å². The van der Waals surface area contributed by atoms with Crippen LogP contribution in [0, 0.1) is 5.82 Å². The van der Waals surface area contributed by atoms with Gasteiger partial charge in [-0.25, -0.2) is 18.7 Å². The van der Waals surface area contributed by atoms with Crippen LogP contribution in [0.2, 0.25) is 0 Å². The number of ether oxygens (including phenoxy) is 2. The van der Waals surface area contributed by atoms with E-state index in [0.717, 1.165) is 89.7 Å². The molecule has 2 amide bonds. The van der Waals surface area contributed by atoms with Gasteiger partial charge in [-0.05, 0) is 51.0 Å². The number of anilines is 3. The number of nitrogens with one attached hydrogen (secondary N) is 4. The van der Waals surface area contributed by atoms with Gasteiger partial charge in [0.15, 0.2) is 17.2 Å². The third-order valence-corrected chi connectivity index (χ3v) is 8.01. The molecule has 6 rings (SSSR count). The van der Waals surface area contributed by atoms with Gasteiger partial charge in [-0.3, -0.25) is 14.7 Å². The monoisotopic (exact) mass is 595 g/mol. The van der Waals surface area contributed by atoms with Crippen molar-refractivity contribution in [2.24, 2.45) is 0 Å². The number of carbonyl (C=O) groups is 2. The number of aromatic nitrogens is 4. The molecule has 1 aliphatic heterocycles. The molecule has 0 atom stereocenters. The van der Waals surface area contributed by atoms with Gasteiger partial charge in [-0.2, -0.15) is 0 Å². The minimum Gasteiger partial charge on any atom is -0.450 e. The summed E-state index contributed by atoms with van der Waals surface area (Å²) in [6.45, 7) is 4.68. The Balaban J connectivity index is 1.03. The Bertz CT molecular complexity index is 1420. The minimum absolute atomic E-state index is 0.0304. The first-order chi connectivity index (χ1) is 21.0. The number of carbonyl (C=O) groups excluding carboxylic acids is 2. The lowest BCUT2D eigenvalue weighted by molar-refractivity contribution is 0.0344. The molecule has 3 fully saturated rings. The first-order valence-electron chi connectivity index (χ1n) is 15.1. The highest BCUT2D eigenvalue weighted by Gasteiger charge is 2.27. The van der Waals surface area contributed by atoms with Crippen LogP contribution in [0.1, 0.15) is 55.4 Å². The molecule has 14 heteroatoms. The molecule has 1 saturated heterocycles. The molecule has 230 valence electrons. The first-order valence-corrected chi connectivity index (χ1v) is 15.1. The zero-order chi connectivity index (χ0) is 29.6. The van der Waals surface area contributed by atoms with Gasteiger partial charge in [0.25, 0.3) is 5.91 Å². The van der Waals surface area contributed by atoms with Crippen LogP contribution in [-0.2, 0) is 9.47 Å². The fourth-order valence-corrected chi connectivity index (χ4v) is 5.49. The molecule has 4 heterocycles. The summed E-state index contributed by atoms with van der Waals surface area (Å²) in [5.41, 5.74) is 1.52. The molecule has 2 saturated carbocycles. The average Bonchev–Trinajstić information content (AvgIpc) is 3.73. The Morgan fingerprint density at radius 1 is 1.00 bits per heavy atom. The third kappa shape index (κ3) is 7.68. The van der Waals surface area contributed by atoms with Gasteiger partial charge in [0.2, 0.25) is 0 Å². The summed E-state index contributed by atoms with van der Waals surface area (Å²) in [6.07, 6.45) is 9.78. The standard InChI is InChI=1S/C29H38FN9O4/c30-22-17-31-9-8-23(22)36-28(40)25-18-32-27-24(33-19-2-3-19)16-26(37-39(25)27)34-20-4-6-21(7-5-20)35-29(41)43-13-1-10-38-11-14-42-15-12-38/h8-9,16-21,33H,1-7,10-15H2,(H,34,37)(H,35,41)(H,31,36,40)/t20-,21-. The van der Waals surface area contributed by atoms with Crippen LogP contribution in [0.3, 0.4) is 0 Å². The molecule has 0 spiro atoms.